The number of phenols is 1. The van der Waals surface area contributed by atoms with E-state index in [0.29, 0.717) is 23.8 Å². The Morgan fingerprint density at radius 2 is 1.93 bits per heavy atom. The zero-order chi connectivity index (χ0) is 19.2. The van der Waals surface area contributed by atoms with Gasteiger partial charge in [0.05, 0.1) is 10.9 Å². The number of aromatic hydroxyl groups is 1. The summed E-state index contributed by atoms with van der Waals surface area (Å²) in [4.78, 5) is 12.3. The van der Waals surface area contributed by atoms with E-state index in [0.717, 1.165) is 5.56 Å². The van der Waals surface area contributed by atoms with E-state index in [1.807, 2.05) is 0 Å². The predicted octanol–water partition coefficient (Wildman–Crippen LogP) is 2.35. The Labute approximate surface area is 159 Å². The van der Waals surface area contributed by atoms with Crippen molar-refractivity contribution in [3.05, 3.63) is 59.9 Å². The number of halogens is 1. The largest absolute Gasteiger partial charge is 0.508 e. The molecule has 0 saturated carbocycles. The Hall–Kier alpha value is -2.94. The summed E-state index contributed by atoms with van der Waals surface area (Å²) in [6, 6.07) is 12.6. The van der Waals surface area contributed by atoms with E-state index in [1.165, 1.54) is 40.7 Å². The Morgan fingerprint density at radius 3 is 2.63 bits per heavy atom. The zero-order valence-corrected chi connectivity index (χ0v) is 15.4. The van der Waals surface area contributed by atoms with Gasteiger partial charge < -0.3 is 10.4 Å². The quantitative estimate of drug-likeness (QED) is 0.605. The molecule has 1 heterocycles. The van der Waals surface area contributed by atoms with Gasteiger partial charge >= 0.3 is 0 Å². The van der Waals surface area contributed by atoms with Gasteiger partial charge in [-0.2, -0.15) is 4.68 Å². The second-order valence-electron chi connectivity index (χ2n) is 5.82. The van der Waals surface area contributed by atoms with Crippen molar-refractivity contribution in [2.45, 2.75) is 23.8 Å². The third-order valence-corrected chi connectivity index (χ3v) is 4.85. The monoisotopic (exact) mass is 387 g/mol. The van der Waals surface area contributed by atoms with Gasteiger partial charge in [0.2, 0.25) is 11.1 Å². The number of hydrogen-bond acceptors (Lipinski definition) is 6. The first-order chi connectivity index (χ1) is 13.0. The fourth-order valence-corrected chi connectivity index (χ4v) is 3.18. The van der Waals surface area contributed by atoms with Gasteiger partial charge in [0, 0.05) is 6.54 Å². The van der Waals surface area contributed by atoms with Crippen LogP contribution in [0.15, 0.2) is 53.7 Å². The lowest BCUT2D eigenvalue weighted by atomic mass is 10.1. The van der Waals surface area contributed by atoms with E-state index in [-0.39, 0.29) is 17.5 Å². The first kappa shape index (κ1) is 18.8. The van der Waals surface area contributed by atoms with Gasteiger partial charge in [0.25, 0.3) is 0 Å². The van der Waals surface area contributed by atoms with Crippen LogP contribution in [0, 0.1) is 5.82 Å². The number of carbonyl (C=O) groups excluding carboxylic acids is 1. The van der Waals surface area contributed by atoms with Gasteiger partial charge in [0.1, 0.15) is 11.6 Å². The second-order valence-corrected chi connectivity index (χ2v) is 7.13. The molecule has 0 fully saturated rings. The Morgan fingerprint density at radius 1 is 1.22 bits per heavy atom. The summed E-state index contributed by atoms with van der Waals surface area (Å²) in [6.45, 7) is 2.23. The third kappa shape index (κ3) is 5.04. The first-order valence-corrected chi connectivity index (χ1v) is 9.17. The number of thioether (sulfide) groups is 1. The molecule has 1 aromatic heterocycles. The van der Waals surface area contributed by atoms with Crippen LogP contribution in [-0.4, -0.2) is 43.0 Å². The van der Waals surface area contributed by atoms with E-state index in [4.69, 9.17) is 0 Å². The van der Waals surface area contributed by atoms with Gasteiger partial charge in [-0.3, -0.25) is 4.79 Å². The van der Waals surface area contributed by atoms with Crippen molar-refractivity contribution in [2.75, 3.05) is 6.54 Å². The fraction of sp³-hybridized carbons (Fsp3) is 0.222. The molecule has 0 bridgehead atoms. The number of rotatable bonds is 7. The first-order valence-electron chi connectivity index (χ1n) is 8.29. The van der Waals surface area contributed by atoms with Crippen molar-refractivity contribution >= 4 is 17.7 Å². The number of nitrogens with zero attached hydrogens (tertiary/aromatic N) is 4. The van der Waals surface area contributed by atoms with Crippen LogP contribution in [0.5, 0.6) is 5.75 Å². The Bertz CT molecular complexity index is 899. The molecule has 0 aliphatic rings. The fourth-order valence-electron chi connectivity index (χ4n) is 2.34. The van der Waals surface area contributed by atoms with Crippen LogP contribution >= 0.6 is 11.8 Å². The van der Waals surface area contributed by atoms with Crippen molar-refractivity contribution < 1.29 is 14.3 Å². The molecule has 27 heavy (non-hydrogen) atoms. The molecule has 9 heteroatoms. The highest BCUT2D eigenvalue weighted by Crippen LogP contribution is 2.23. The van der Waals surface area contributed by atoms with E-state index < -0.39 is 5.25 Å². The van der Waals surface area contributed by atoms with Crippen molar-refractivity contribution in [3.63, 3.8) is 0 Å². The van der Waals surface area contributed by atoms with Crippen molar-refractivity contribution in [3.8, 4) is 11.4 Å². The predicted molar refractivity (Wildman–Crippen MR) is 99.3 cm³/mol. The van der Waals surface area contributed by atoms with Gasteiger partial charge in [0.15, 0.2) is 0 Å². The van der Waals surface area contributed by atoms with E-state index in [2.05, 4.69) is 20.8 Å². The number of benzene rings is 2. The molecule has 3 rings (SSSR count). The third-order valence-electron chi connectivity index (χ3n) is 3.81. The Kier molecular flexibility index (Phi) is 6.02. The van der Waals surface area contributed by atoms with Gasteiger partial charge in [-0.1, -0.05) is 23.9 Å². The molecular weight excluding hydrogens is 369 g/mol. The van der Waals surface area contributed by atoms with E-state index in [9.17, 15) is 14.3 Å². The minimum atomic E-state index is -0.403. The molecule has 1 amide bonds. The number of amides is 1. The number of carbonyl (C=O) groups is 1. The summed E-state index contributed by atoms with van der Waals surface area (Å²) < 4.78 is 14.4. The van der Waals surface area contributed by atoms with E-state index >= 15 is 0 Å². The SMILES string of the molecule is C[C@H](Sc1nnnn1-c1ccc(O)cc1)C(=O)NCCc1ccc(F)cc1. The molecule has 0 aliphatic carbocycles. The number of phenolic OH excluding ortho intramolecular Hbond substituents is 1. The summed E-state index contributed by atoms with van der Waals surface area (Å²) in [7, 11) is 0. The maximum absolute atomic E-state index is 12.9. The van der Waals surface area contributed by atoms with Gasteiger partial charge in [-0.25, -0.2) is 4.39 Å². The standard InChI is InChI=1S/C18H18FN5O2S/c1-12(17(26)20-11-10-13-2-4-14(19)5-3-13)27-18-21-22-23-24(18)15-6-8-16(25)9-7-15/h2-9,12,25H,10-11H2,1H3,(H,20,26)/t12-/m0/s1. The average Bonchev–Trinajstić information content (AvgIpc) is 3.12. The molecule has 0 spiro atoms. The highest BCUT2D eigenvalue weighted by Gasteiger charge is 2.19. The minimum absolute atomic E-state index is 0.137. The van der Waals surface area contributed by atoms with Crippen LogP contribution in [0.2, 0.25) is 0 Å². The van der Waals surface area contributed by atoms with Crippen LogP contribution in [-0.2, 0) is 11.2 Å². The minimum Gasteiger partial charge on any atom is -0.508 e. The van der Waals surface area contributed by atoms with Crippen molar-refractivity contribution in [2.24, 2.45) is 0 Å². The van der Waals surface area contributed by atoms with Gasteiger partial charge in [-0.05, 0) is 65.7 Å². The molecule has 3 aromatic rings. The molecule has 140 valence electrons. The maximum atomic E-state index is 12.9. The topological polar surface area (TPSA) is 92.9 Å². The maximum Gasteiger partial charge on any atom is 0.233 e. The summed E-state index contributed by atoms with van der Waals surface area (Å²) in [5, 5.41) is 23.9. The molecule has 0 aliphatic heterocycles. The molecule has 1 atom stereocenters. The van der Waals surface area contributed by atoms with Crippen LogP contribution < -0.4 is 5.32 Å². The smallest absolute Gasteiger partial charge is 0.233 e. The zero-order valence-electron chi connectivity index (χ0n) is 14.5. The lowest BCUT2D eigenvalue weighted by molar-refractivity contribution is -0.120. The summed E-state index contributed by atoms with van der Waals surface area (Å²) in [6.07, 6.45) is 0.620. The summed E-state index contributed by atoms with van der Waals surface area (Å²) in [5.74, 6) is -0.267. The molecule has 0 unspecified atom stereocenters. The molecular formula is C18H18FN5O2S. The summed E-state index contributed by atoms with van der Waals surface area (Å²) in [5.41, 5.74) is 1.64. The normalized spacial score (nSPS) is 11.9. The van der Waals surface area contributed by atoms with Crippen LogP contribution in [0.1, 0.15) is 12.5 Å². The van der Waals surface area contributed by atoms with Crippen molar-refractivity contribution in [1.82, 2.24) is 25.5 Å². The molecule has 0 saturated heterocycles. The highest BCUT2D eigenvalue weighted by atomic mass is 32.2. The van der Waals surface area contributed by atoms with Gasteiger partial charge in [-0.15, -0.1) is 5.10 Å². The second kappa shape index (κ2) is 8.63. The van der Waals surface area contributed by atoms with E-state index in [1.54, 1.807) is 31.2 Å². The van der Waals surface area contributed by atoms with Crippen LogP contribution in [0.25, 0.3) is 5.69 Å². The van der Waals surface area contributed by atoms with Crippen LogP contribution in [0.4, 0.5) is 4.39 Å². The highest BCUT2D eigenvalue weighted by molar-refractivity contribution is 8.00. The molecule has 2 aromatic carbocycles. The number of nitrogens with one attached hydrogen (secondary N) is 1. The molecule has 0 radical (unpaired) electrons. The Balaban J connectivity index is 1.55. The van der Waals surface area contributed by atoms with Crippen molar-refractivity contribution in [1.29, 1.82) is 0 Å². The number of tetrazole rings is 1. The lowest BCUT2D eigenvalue weighted by Gasteiger charge is -2.12. The lowest BCUT2D eigenvalue weighted by Crippen LogP contribution is -2.32. The average molecular weight is 387 g/mol. The molecule has 2 N–H and O–H groups in total. The summed E-state index contributed by atoms with van der Waals surface area (Å²) >= 11 is 1.23. The number of aromatic nitrogens is 4. The number of hydrogen-bond donors (Lipinski definition) is 2. The molecule has 7 nitrogen and oxygen atoms in total. The van der Waals surface area contributed by atoms with Crippen LogP contribution in [0.3, 0.4) is 0 Å².